The molecule has 3 fully saturated rings. The van der Waals surface area contributed by atoms with E-state index in [4.69, 9.17) is 4.84 Å². The van der Waals surface area contributed by atoms with Crippen LogP contribution in [0.1, 0.15) is 46.0 Å². The molecule has 5 aliphatic rings. The lowest BCUT2D eigenvalue weighted by Crippen LogP contribution is -2.56. The van der Waals surface area contributed by atoms with Crippen molar-refractivity contribution in [1.82, 2.24) is 0 Å². The fourth-order valence-corrected chi connectivity index (χ4v) is 7.60. The lowest BCUT2D eigenvalue weighted by Gasteiger charge is -2.57. The van der Waals surface area contributed by atoms with Crippen LogP contribution in [0.25, 0.3) is 0 Å². The van der Waals surface area contributed by atoms with Crippen LogP contribution in [0, 0.1) is 40.4 Å². The van der Waals surface area contributed by atoms with Crippen LogP contribution in [-0.2, 0) is 9.63 Å². The number of fused-ring (bicyclic) bond motifs is 7. The summed E-state index contributed by atoms with van der Waals surface area (Å²) in [5.74, 6) is 1.67. The summed E-state index contributed by atoms with van der Waals surface area (Å²) in [6, 6.07) is 0. The summed E-state index contributed by atoms with van der Waals surface area (Å²) in [4.78, 5) is 17.2. The lowest BCUT2D eigenvalue weighted by atomic mass is 9.47. The Kier molecular flexibility index (Phi) is 3.84. The van der Waals surface area contributed by atoms with Crippen molar-refractivity contribution in [3.63, 3.8) is 0 Å². The van der Waals surface area contributed by atoms with E-state index in [9.17, 15) is 15.0 Å². The molecule has 0 amide bonds. The maximum atomic E-state index is 12.1. The van der Waals surface area contributed by atoms with E-state index in [1.165, 1.54) is 11.1 Å². The minimum absolute atomic E-state index is 0.0678. The van der Waals surface area contributed by atoms with Gasteiger partial charge in [-0.3, -0.25) is 4.79 Å². The molecule has 8 atom stereocenters. The van der Waals surface area contributed by atoms with Gasteiger partial charge >= 0.3 is 0 Å². The molecular weight excluding hydrogens is 354 g/mol. The third-order valence-electron chi connectivity index (χ3n) is 9.20. The molecule has 0 aliphatic heterocycles. The molecule has 0 aromatic heterocycles. The van der Waals surface area contributed by atoms with E-state index in [0.29, 0.717) is 18.3 Å². The Labute approximate surface area is 166 Å². The Hall–Kier alpha value is -1.46. The smallest absolute Gasteiger partial charge is 0.155 e. The molecule has 5 rings (SSSR count). The first-order chi connectivity index (χ1) is 13.3. The Balaban J connectivity index is 1.65. The van der Waals surface area contributed by atoms with Crippen molar-refractivity contribution in [2.75, 3.05) is 13.7 Å². The molecule has 0 radical (unpaired) electrons. The molecule has 152 valence electrons. The van der Waals surface area contributed by atoms with Crippen LogP contribution in [0.5, 0.6) is 0 Å². The van der Waals surface area contributed by atoms with Gasteiger partial charge in [-0.25, -0.2) is 0 Å². The van der Waals surface area contributed by atoms with Crippen molar-refractivity contribution in [2.24, 2.45) is 45.6 Å². The summed E-state index contributed by atoms with van der Waals surface area (Å²) in [5.41, 5.74) is 1.28. The molecule has 5 nitrogen and oxygen atoms in total. The lowest BCUT2D eigenvalue weighted by molar-refractivity contribution is -0.134. The second kappa shape index (κ2) is 5.79. The van der Waals surface area contributed by atoms with Gasteiger partial charge in [0.25, 0.3) is 0 Å². The largest absolute Gasteiger partial charge is 0.399 e. The highest BCUT2D eigenvalue weighted by Gasteiger charge is 2.75. The van der Waals surface area contributed by atoms with Crippen molar-refractivity contribution in [3.05, 3.63) is 23.3 Å². The van der Waals surface area contributed by atoms with Gasteiger partial charge in [-0.05, 0) is 55.4 Å². The van der Waals surface area contributed by atoms with Gasteiger partial charge in [-0.1, -0.05) is 36.2 Å². The van der Waals surface area contributed by atoms with Gasteiger partial charge in [0.1, 0.15) is 7.11 Å². The van der Waals surface area contributed by atoms with E-state index in [0.717, 1.165) is 25.7 Å². The molecule has 28 heavy (non-hydrogen) atoms. The molecule has 0 aromatic carbocycles. The number of nitrogens with zero attached hydrogens (tertiary/aromatic N) is 1. The van der Waals surface area contributed by atoms with Crippen molar-refractivity contribution < 1.29 is 19.8 Å². The van der Waals surface area contributed by atoms with Gasteiger partial charge < -0.3 is 15.1 Å². The minimum atomic E-state index is -0.993. The van der Waals surface area contributed by atoms with E-state index in [2.05, 4.69) is 25.1 Å². The van der Waals surface area contributed by atoms with Gasteiger partial charge in [-0.15, -0.1) is 0 Å². The number of hydrogen-bond donors (Lipinski definition) is 2. The molecule has 0 spiro atoms. The van der Waals surface area contributed by atoms with Crippen LogP contribution in [0.3, 0.4) is 0 Å². The summed E-state index contributed by atoms with van der Waals surface area (Å²) in [5, 5.41) is 25.7. The molecule has 0 heterocycles. The second-order valence-electron chi connectivity index (χ2n) is 10.2. The average Bonchev–Trinajstić information content (AvgIpc) is 3.43. The van der Waals surface area contributed by atoms with E-state index in [1.54, 1.807) is 7.11 Å². The number of carbonyl (C=O) groups is 1. The van der Waals surface area contributed by atoms with Gasteiger partial charge in [0.05, 0.1) is 12.2 Å². The molecular formula is C23H31NO4. The fourth-order valence-electron chi connectivity index (χ4n) is 7.60. The molecule has 2 unspecified atom stereocenters. The molecule has 0 aromatic rings. The Morgan fingerprint density at radius 3 is 2.89 bits per heavy atom. The Morgan fingerprint density at radius 2 is 2.18 bits per heavy atom. The molecule has 2 N–H and O–H groups in total. The van der Waals surface area contributed by atoms with Crippen molar-refractivity contribution in [1.29, 1.82) is 0 Å². The fraction of sp³-hybridized carbons (Fsp3) is 0.739. The minimum Gasteiger partial charge on any atom is -0.399 e. The molecule has 5 heteroatoms. The van der Waals surface area contributed by atoms with Gasteiger partial charge in [0, 0.05) is 29.4 Å². The highest BCUT2D eigenvalue weighted by Crippen LogP contribution is 2.76. The zero-order valence-corrected chi connectivity index (χ0v) is 17.0. The highest BCUT2D eigenvalue weighted by atomic mass is 16.6. The monoisotopic (exact) mass is 385 g/mol. The van der Waals surface area contributed by atoms with E-state index in [1.807, 2.05) is 12.3 Å². The number of allylic oxidation sites excluding steroid dienone is 4. The van der Waals surface area contributed by atoms with Crippen molar-refractivity contribution >= 4 is 12.0 Å². The SMILES string of the molecule is CO/N=C/[C@@H]1CC2=CC(=O)CC[C@]2(C)C2=CC[C@@]3(C)C(C21)[C@@H]1C[C@@H]1[C@@]3(O)CO. The summed E-state index contributed by atoms with van der Waals surface area (Å²) >= 11 is 0. The van der Waals surface area contributed by atoms with Crippen LogP contribution < -0.4 is 0 Å². The van der Waals surface area contributed by atoms with Crippen LogP contribution in [-0.4, -0.2) is 41.5 Å². The van der Waals surface area contributed by atoms with Crippen LogP contribution in [0.4, 0.5) is 0 Å². The van der Waals surface area contributed by atoms with Gasteiger partial charge in [0.2, 0.25) is 0 Å². The Bertz CT molecular complexity index is 815. The normalized spacial score (nSPS) is 51.6. The third kappa shape index (κ3) is 2.10. The maximum Gasteiger partial charge on any atom is 0.155 e. The number of aliphatic hydroxyl groups excluding tert-OH is 1. The van der Waals surface area contributed by atoms with Gasteiger partial charge in [-0.2, -0.15) is 0 Å². The van der Waals surface area contributed by atoms with Crippen LogP contribution in [0.2, 0.25) is 0 Å². The van der Waals surface area contributed by atoms with Crippen LogP contribution in [0.15, 0.2) is 28.5 Å². The summed E-state index contributed by atoms with van der Waals surface area (Å²) in [6.07, 6.45) is 10.2. The Morgan fingerprint density at radius 1 is 1.39 bits per heavy atom. The third-order valence-corrected chi connectivity index (χ3v) is 9.20. The molecule has 0 bridgehead atoms. The van der Waals surface area contributed by atoms with E-state index >= 15 is 0 Å². The summed E-state index contributed by atoms with van der Waals surface area (Å²) in [6.45, 7) is 4.31. The van der Waals surface area contributed by atoms with Gasteiger partial charge in [0.15, 0.2) is 5.78 Å². The van der Waals surface area contributed by atoms with Crippen LogP contribution >= 0.6 is 0 Å². The van der Waals surface area contributed by atoms with Crippen molar-refractivity contribution in [3.8, 4) is 0 Å². The predicted octanol–water partition coefficient (Wildman–Crippen LogP) is 2.88. The summed E-state index contributed by atoms with van der Waals surface area (Å²) in [7, 11) is 1.56. The molecule has 3 saturated carbocycles. The van der Waals surface area contributed by atoms with Crippen molar-refractivity contribution in [2.45, 2.75) is 51.6 Å². The number of rotatable bonds is 3. The van der Waals surface area contributed by atoms with E-state index < -0.39 is 5.60 Å². The first kappa shape index (κ1) is 18.6. The number of aliphatic hydroxyl groups is 2. The molecule has 5 aliphatic carbocycles. The zero-order chi connectivity index (χ0) is 19.9. The maximum absolute atomic E-state index is 12.1. The quantitative estimate of drug-likeness (QED) is 0.445. The molecule has 0 saturated heterocycles. The topological polar surface area (TPSA) is 79.1 Å². The zero-order valence-electron chi connectivity index (χ0n) is 17.0. The number of oxime groups is 1. The number of ketones is 1. The number of carbonyl (C=O) groups excluding carboxylic acids is 1. The highest BCUT2D eigenvalue weighted by molar-refractivity contribution is 5.92. The summed E-state index contributed by atoms with van der Waals surface area (Å²) < 4.78 is 0. The second-order valence-corrected chi connectivity index (χ2v) is 10.2. The standard InChI is InChI=1S/C23H31NO4/c1-21-6-4-15(26)9-14(21)8-13(11-24-28-3)19-17(21)5-7-22(2)20(19)16-10-18(16)23(22,27)12-25/h5,9,11,13,16,18-20,25,27H,4,6-8,10,12H2,1-3H3/b24-11+/t13-,16+,18-,19?,20?,21-,22-,23-/m0/s1. The average molecular weight is 386 g/mol. The van der Waals surface area contributed by atoms with E-state index in [-0.39, 0.29) is 41.0 Å². The number of hydrogen-bond acceptors (Lipinski definition) is 5. The first-order valence-electron chi connectivity index (χ1n) is 10.6. The first-order valence-corrected chi connectivity index (χ1v) is 10.6. The predicted molar refractivity (Wildman–Crippen MR) is 105 cm³/mol.